The van der Waals surface area contributed by atoms with Gasteiger partial charge in [-0.2, -0.15) is 0 Å². The molecule has 0 bridgehead atoms. The van der Waals surface area contributed by atoms with Crippen LogP contribution in [0.1, 0.15) is 39.0 Å². The SMILES string of the molecule is CC1CC=C(CCO)CC2=C1CCC2=O. The summed E-state index contributed by atoms with van der Waals surface area (Å²) in [4.78, 5) is 11.7. The molecule has 0 saturated carbocycles. The predicted octanol–water partition coefficient (Wildman–Crippen LogP) is 2.38. The Morgan fingerprint density at radius 3 is 3.00 bits per heavy atom. The minimum Gasteiger partial charge on any atom is -0.396 e. The topological polar surface area (TPSA) is 37.3 Å². The number of carbonyl (C=O) groups excluding carboxylic acids is 1. The van der Waals surface area contributed by atoms with E-state index in [9.17, 15) is 4.79 Å². The Morgan fingerprint density at radius 2 is 2.27 bits per heavy atom. The molecule has 2 aliphatic rings. The lowest BCUT2D eigenvalue weighted by Gasteiger charge is -2.09. The van der Waals surface area contributed by atoms with Crippen molar-refractivity contribution in [3.05, 3.63) is 22.8 Å². The van der Waals surface area contributed by atoms with Gasteiger partial charge in [-0.3, -0.25) is 4.79 Å². The van der Waals surface area contributed by atoms with Crippen LogP contribution in [0.4, 0.5) is 0 Å². The molecule has 0 amide bonds. The van der Waals surface area contributed by atoms with E-state index in [1.165, 1.54) is 11.1 Å². The van der Waals surface area contributed by atoms with Gasteiger partial charge in [0.2, 0.25) is 0 Å². The Hall–Kier alpha value is -0.890. The molecule has 0 spiro atoms. The maximum atomic E-state index is 11.7. The van der Waals surface area contributed by atoms with Crippen LogP contribution in [0.15, 0.2) is 22.8 Å². The fourth-order valence-electron chi connectivity index (χ4n) is 2.60. The molecule has 1 unspecified atom stereocenters. The molecule has 2 aliphatic carbocycles. The van der Waals surface area contributed by atoms with E-state index in [1.54, 1.807) is 0 Å². The van der Waals surface area contributed by atoms with Gasteiger partial charge in [-0.25, -0.2) is 0 Å². The smallest absolute Gasteiger partial charge is 0.159 e. The minimum atomic E-state index is 0.191. The molecule has 1 N–H and O–H groups in total. The van der Waals surface area contributed by atoms with Crippen LogP contribution in [-0.2, 0) is 4.79 Å². The standard InChI is InChI=1S/C13H18O2/c1-9-2-3-10(6-7-14)8-12-11(9)4-5-13(12)15/h3,9,14H,2,4-8H2,1H3. The van der Waals surface area contributed by atoms with Crippen molar-refractivity contribution >= 4 is 5.78 Å². The third-order valence-electron chi connectivity index (χ3n) is 3.54. The lowest BCUT2D eigenvalue weighted by molar-refractivity contribution is -0.115. The third-order valence-corrected chi connectivity index (χ3v) is 3.54. The number of aliphatic hydroxyl groups excluding tert-OH is 1. The van der Waals surface area contributed by atoms with Crippen molar-refractivity contribution in [3.63, 3.8) is 0 Å². The van der Waals surface area contributed by atoms with Gasteiger partial charge in [0.1, 0.15) is 0 Å². The fourth-order valence-corrected chi connectivity index (χ4v) is 2.60. The van der Waals surface area contributed by atoms with E-state index in [2.05, 4.69) is 13.0 Å². The number of allylic oxidation sites excluding steroid dienone is 3. The Kier molecular flexibility index (Phi) is 3.06. The first-order valence-corrected chi connectivity index (χ1v) is 5.76. The first-order valence-electron chi connectivity index (χ1n) is 5.76. The molecule has 2 rings (SSSR count). The van der Waals surface area contributed by atoms with Gasteiger partial charge in [0, 0.05) is 13.0 Å². The summed E-state index contributed by atoms with van der Waals surface area (Å²) in [7, 11) is 0. The van der Waals surface area contributed by atoms with E-state index in [0.29, 0.717) is 18.1 Å². The van der Waals surface area contributed by atoms with Crippen molar-refractivity contribution < 1.29 is 9.90 Å². The minimum absolute atomic E-state index is 0.191. The molecule has 2 nitrogen and oxygen atoms in total. The molecule has 0 saturated heterocycles. The highest BCUT2D eigenvalue weighted by Gasteiger charge is 2.27. The van der Waals surface area contributed by atoms with Crippen molar-refractivity contribution in [1.82, 2.24) is 0 Å². The Bertz CT molecular complexity index is 336. The first-order chi connectivity index (χ1) is 7.22. The van der Waals surface area contributed by atoms with E-state index >= 15 is 0 Å². The Morgan fingerprint density at radius 1 is 1.47 bits per heavy atom. The molecule has 2 heteroatoms. The summed E-state index contributed by atoms with van der Waals surface area (Å²) in [6, 6.07) is 0. The van der Waals surface area contributed by atoms with Gasteiger partial charge in [0.05, 0.1) is 0 Å². The van der Waals surface area contributed by atoms with Crippen molar-refractivity contribution in [2.75, 3.05) is 6.61 Å². The zero-order valence-corrected chi connectivity index (χ0v) is 9.25. The molecule has 0 heterocycles. The molecule has 82 valence electrons. The molecule has 1 atom stereocenters. The number of hydrogen-bond acceptors (Lipinski definition) is 2. The van der Waals surface area contributed by atoms with E-state index in [0.717, 1.165) is 31.3 Å². The molecule has 0 radical (unpaired) electrons. The molecule has 0 aromatic heterocycles. The van der Waals surface area contributed by atoms with Crippen LogP contribution < -0.4 is 0 Å². The highest BCUT2D eigenvalue weighted by molar-refractivity contribution is 5.99. The van der Waals surface area contributed by atoms with E-state index in [4.69, 9.17) is 5.11 Å². The second-order valence-electron chi connectivity index (χ2n) is 4.58. The second-order valence-corrected chi connectivity index (χ2v) is 4.58. The zero-order valence-electron chi connectivity index (χ0n) is 9.25. The number of ketones is 1. The summed E-state index contributed by atoms with van der Waals surface area (Å²) in [5.41, 5.74) is 3.67. The number of carbonyl (C=O) groups is 1. The maximum absolute atomic E-state index is 11.7. The lowest BCUT2D eigenvalue weighted by Crippen LogP contribution is -2.00. The molecular weight excluding hydrogens is 188 g/mol. The van der Waals surface area contributed by atoms with Crippen LogP contribution in [-0.4, -0.2) is 17.5 Å². The number of aliphatic hydroxyl groups is 1. The maximum Gasteiger partial charge on any atom is 0.159 e. The first kappa shape index (κ1) is 10.6. The molecule has 0 aromatic rings. The van der Waals surface area contributed by atoms with Crippen molar-refractivity contribution in [3.8, 4) is 0 Å². The fraction of sp³-hybridized carbons (Fsp3) is 0.615. The second kappa shape index (κ2) is 4.31. The van der Waals surface area contributed by atoms with Crippen LogP contribution >= 0.6 is 0 Å². The van der Waals surface area contributed by atoms with Crippen LogP contribution in [0, 0.1) is 5.92 Å². The van der Waals surface area contributed by atoms with Crippen LogP contribution in [0.2, 0.25) is 0 Å². The summed E-state index contributed by atoms with van der Waals surface area (Å²) in [5, 5.41) is 8.94. The summed E-state index contributed by atoms with van der Waals surface area (Å²) in [6.07, 6.45) is 6.43. The van der Waals surface area contributed by atoms with Crippen LogP contribution in [0.3, 0.4) is 0 Å². The van der Waals surface area contributed by atoms with Crippen LogP contribution in [0.25, 0.3) is 0 Å². The largest absolute Gasteiger partial charge is 0.396 e. The average molecular weight is 206 g/mol. The van der Waals surface area contributed by atoms with E-state index in [-0.39, 0.29) is 6.61 Å². The van der Waals surface area contributed by atoms with Crippen molar-refractivity contribution in [1.29, 1.82) is 0 Å². The van der Waals surface area contributed by atoms with E-state index in [1.807, 2.05) is 0 Å². The van der Waals surface area contributed by atoms with Crippen molar-refractivity contribution in [2.24, 2.45) is 5.92 Å². The average Bonchev–Trinajstić information content (AvgIpc) is 2.49. The van der Waals surface area contributed by atoms with Gasteiger partial charge in [0.25, 0.3) is 0 Å². The molecule has 0 aliphatic heterocycles. The Labute approximate surface area is 90.7 Å². The molecule has 0 fully saturated rings. The summed E-state index contributed by atoms with van der Waals surface area (Å²) >= 11 is 0. The molecule has 15 heavy (non-hydrogen) atoms. The van der Waals surface area contributed by atoms with Gasteiger partial charge in [-0.1, -0.05) is 24.1 Å². The number of hydrogen-bond donors (Lipinski definition) is 1. The van der Waals surface area contributed by atoms with Gasteiger partial charge in [-0.15, -0.1) is 0 Å². The molecular formula is C13H18O2. The van der Waals surface area contributed by atoms with Gasteiger partial charge >= 0.3 is 0 Å². The quantitative estimate of drug-likeness (QED) is 0.704. The number of Topliss-reactive ketones (excluding diaryl/α,β-unsaturated/α-hetero) is 1. The lowest BCUT2D eigenvalue weighted by atomic mass is 9.95. The molecule has 0 aromatic carbocycles. The van der Waals surface area contributed by atoms with Gasteiger partial charge in [-0.05, 0) is 37.2 Å². The van der Waals surface area contributed by atoms with Crippen LogP contribution in [0.5, 0.6) is 0 Å². The summed E-state index contributed by atoms with van der Waals surface area (Å²) < 4.78 is 0. The highest BCUT2D eigenvalue weighted by Crippen LogP contribution is 2.37. The highest BCUT2D eigenvalue weighted by atomic mass is 16.3. The third kappa shape index (κ3) is 2.05. The normalized spacial score (nSPS) is 26.4. The van der Waals surface area contributed by atoms with E-state index < -0.39 is 0 Å². The monoisotopic (exact) mass is 206 g/mol. The Balaban J connectivity index is 2.24. The predicted molar refractivity (Wildman–Crippen MR) is 59.5 cm³/mol. The summed E-state index contributed by atoms with van der Waals surface area (Å²) in [6.45, 7) is 2.39. The number of rotatable bonds is 2. The van der Waals surface area contributed by atoms with Gasteiger partial charge < -0.3 is 5.11 Å². The van der Waals surface area contributed by atoms with Gasteiger partial charge in [0.15, 0.2) is 5.78 Å². The van der Waals surface area contributed by atoms with Crippen molar-refractivity contribution in [2.45, 2.75) is 39.0 Å². The zero-order chi connectivity index (χ0) is 10.8. The summed E-state index contributed by atoms with van der Waals surface area (Å²) in [5.74, 6) is 0.852.